The van der Waals surface area contributed by atoms with Gasteiger partial charge in [-0.3, -0.25) is 4.98 Å². The van der Waals surface area contributed by atoms with Crippen molar-refractivity contribution in [2.24, 2.45) is 0 Å². The summed E-state index contributed by atoms with van der Waals surface area (Å²) in [4.78, 5) is 4.12. The molecular formula is C20H20BrF6NO3. The van der Waals surface area contributed by atoms with E-state index in [-0.39, 0.29) is 17.7 Å². The largest absolute Gasteiger partial charge is 0.455 e. The van der Waals surface area contributed by atoms with Crippen LogP contribution in [0.3, 0.4) is 0 Å². The highest BCUT2D eigenvalue weighted by atomic mass is 79.9. The lowest BCUT2D eigenvalue weighted by atomic mass is 9.89. The van der Waals surface area contributed by atoms with Gasteiger partial charge in [0.25, 0.3) is 5.60 Å². The zero-order chi connectivity index (χ0) is 23.3. The van der Waals surface area contributed by atoms with Crippen LogP contribution in [0.2, 0.25) is 0 Å². The number of hydrogen-bond donors (Lipinski definition) is 0. The Labute approximate surface area is 183 Å². The molecule has 0 aliphatic heterocycles. The molecule has 1 heterocycles. The van der Waals surface area contributed by atoms with Crippen molar-refractivity contribution in [1.82, 2.24) is 4.98 Å². The lowest BCUT2D eigenvalue weighted by Crippen LogP contribution is -2.56. The normalized spacial score (nSPS) is 12.8. The first kappa shape index (κ1) is 25.4. The third kappa shape index (κ3) is 5.50. The van der Waals surface area contributed by atoms with Crippen LogP contribution in [0.15, 0.2) is 36.5 Å². The smallest absolute Gasteiger partial charge is 0.430 e. The average Bonchev–Trinajstić information content (AvgIpc) is 2.69. The maximum Gasteiger partial charge on any atom is 0.430 e. The lowest BCUT2D eigenvalue weighted by Gasteiger charge is -2.37. The second-order valence-corrected chi connectivity index (χ2v) is 7.08. The standard InChI is InChI=1S/C20H20BrF6NO3/c1-3-4-13-9-14(18(19(22,23)24,20(25,26)27)30-12-29-2)5-8-17(13)31-16-7-6-15(10-21)28-11-16/h5-9,11H,3-4,10,12H2,1-2H3. The molecule has 2 aromatic rings. The molecule has 2 rings (SSSR count). The van der Waals surface area contributed by atoms with Crippen molar-refractivity contribution >= 4 is 15.9 Å². The van der Waals surface area contributed by atoms with E-state index in [1.165, 1.54) is 6.20 Å². The molecule has 0 N–H and O–H groups in total. The maximum absolute atomic E-state index is 13.8. The van der Waals surface area contributed by atoms with Crippen LogP contribution in [0.25, 0.3) is 0 Å². The van der Waals surface area contributed by atoms with Gasteiger partial charge in [0.1, 0.15) is 18.3 Å². The van der Waals surface area contributed by atoms with Gasteiger partial charge in [-0.2, -0.15) is 26.3 Å². The Balaban J connectivity index is 2.56. The Hall–Kier alpha value is -1.85. The van der Waals surface area contributed by atoms with Gasteiger partial charge in [0.15, 0.2) is 0 Å². The van der Waals surface area contributed by atoms with E-state index in [1.54, 1.807) is 19.1 Å². The first-order valence-corrected chi connectivity index (χ1v) is 10.2. The third-order valence-electron chi connectivity index (χ3n) is 4.34. The zero-order valence-electron chi connectivity index (χ0n) is 16.6. The van der Waals surface area contributed by atoms with Crippen LogP contribution in [-0.2, 0) is 26.8 Å². The topological polar surface area (TPSA) is 40.6 Å². The quantitative estimate of drug-likeness (QED) is 0.212. The number of halogens is 7. The number of alkyl halides is 7. The van der Waals surface area contributed by atoms with Crippen LogP contribution in [0.4, 0.5) is 26.3 Å². The minimum Gasteiger partial charge on any atom is -0.455 e. The number of ether oxygens (including phenoxy) is 3. The first-order chi connectivity index (χ1) is 14.5. The summed E-state index contributed by atoms with van der Waals surface area (Å²) in [7, 11) is 0.936. The van der Waals surface area contributed by atoms with Gasteiger partial charge in [0.05, 0.1) is 11.9 Å². The van der Waals surface area contributed by atoms with Crippen molar-refractivity contribution in [3.05, 3.63) is 53.3 Å². The summed E-state index contributed by atoms with van der Waals surface area (Å²) in [5.74, 6) is 0.423. The molecule has 0 atom stereocenters. The number of pyridine rings is 1. The number of rotatable bonds is 9. The van der Waals surface area contributed by atoms with Crippen LogP contribution in [0.1, 0.15) is 30.2 Å². The Kier molecular flexibility index (Phi) is 8.34. The Morgan fingerprint density at radius 1 is 1.00 bits per heavy atom. The van der Waals surface area contributed by atoms with Gasteiger partial charge in [-0.15, -0.1) is 0 Å². The van der Waals surface area contributed by atoms with Gasteiger partial charge in [-0.1, -0.05) is 35.3 Å². The summed E-state index contributed by atoms with van der Waals surface area (Å²) in [6.45, 7) is 0.539. The number of benzene rings is 1. The number of nitrogens with zero attached hydrogens (tertiary/aromatic N) is 1. The van der Waals surface area contributed by atoms with Gasteiger partial charge in [0.2, 0.25) is 0 Å². The molecule has 0 aliphatic rings. The zero-order valence-corrected chi connectivity index (χ0v) is 18.2. The molecule has 11 heteroatoms. The maximum atomic E-state index is 13.8. The highest BCUT2D eigenvalue weighted by molar-refractivity contribution is 9.08. The molecule has 1 aromatic heterocycles. The molecule has 0 amide bonds. The van der Waals surface area contributed by atoms with Crippen LogP contribution < -0.4 is 4.74 Å². The van der Waals surface area contributed by atoms with Gasteiger partial charge in [-0.05, 0) is 36.2 Å². The van der Waals surface area contributed by atoms with Gasteiger partial charge >= 0.3 is 12.4 Å². The fourth-order valence-corrected chi connectivity index (χ4v) is 3.25. The third-order valence-corrected chi connectivity index (χ3v) is 4.91. The number of methoxy groups -OCH3 is 1. The molecule has 1 aromatic carbocycles. The van der Waals surface area contributed by atoms with Gasteiger partial charge in [0, 0.05) is 18.0 Å². The van der Waals surface area contributed by atoms with E-state index < -0.39 is 30.3 Å². The summed E-state index contributed by atoms with van der Waals surface area (Å²) in [5.41, 5.74) is -4.75. The van der Waals surface area contributed by atoms with E-state index in [9.17, 15) is 26.3 Å². The Bertz CT molecular complexity index is 841. The van der Waals surface area contributed by atoms with Crippen molar-refractivity contribution in [3.8, 4) is 11.5 Å². The van der Waals surface area contributed by atoms with E-state index in [0.29, 0.717) is 23.6 Å². The molecule has 0 aliphatic carbocycles. The van der Waals surface area contributed by atoms with Crippen molar-refractivity contribution in [3.63, 3.8) is 0 Å². The van der Waals surface area contributed by atoms with E-state index in [2.05, 4.69) is 30.4 Å². The molecule has 0 spiro atoms. The minimum atomic E-state index is -5.79. The highest BCUT2D eigenvalue weighted by Crippen LogP contribution is 2.53. The van der Waals surface area contributed by atoms with Crippen LogP contribution in [-0.4, -0.2) is 31.2 Å². The molecule has 0 saturated carbocycles. The van der Waals surface area contributed by atoms with Crippen molar-refractivity contribution in [2.75, 3.05) is 13.9 Å². The number of aromatic nitrogens is 1. The molecule has 31 heavy (non-hydrogen) atoms. The summed E-state index contributed by atoms with van der Waals surface area (Å²) in [5, 5.41) is 0.515. The number of hydrogen-bond acceptors (Lipinski definition) is 4. The van der Waals surface area contributed by atoms with Gasteiger partial charge in [-0.25, -0.2) is 0 Å². The highest BCUT2D eigenvalue weighted by Gasteiger charge is 2.73. The summed E-state index contributed by atoms with van der Waals surface area (Å²) in [6, 6.07) is 5.86. The average molecular weight is 516 g/mol. The fraction of sp³-hybridized carbons (Fsp3) is 0.450. The van der Waals surface area contributed by atoms with Crippen LogP contribution in [0, 0.1) is 0 Å². The summed E-state index contributed by atoms with van der Waals surface area (Å²) >= 11 is 3.25. The van der Waals surface area contributed by atoms with E-state index >= 15 is 0 Å². The minimum absolute atomic E-state index is 0.129. The molecule has 172 valence electrons. The van der Waals surface area contributed by atoms with E-state index in [1.807, 2.05) is 0 Å². The second kappa shape index (κ2) is 10.2. The van der Waals surface area contributed by atoms with Crippen molar-refractivity contribution < 1.29 is 40.6 Å². The molecule has 0 saturated heterocycles. The molecule has 0 fully saturated rings. The summed E-state index contributed by atoms with van der Waals surface area (Å²) < 4.78 is 96.9. The van der Waals surface area contributed by atoms with Crippen molar-refractivity contribution in [1.29, 1.82) is 0 Å². The Morgan fingerprint density at radius 3 is 2.16 bits per heavy atom. The SMILES string of the molecule is CCCc1cc(C(OCOC)(C(F)(F)F)C(F)(F)F)ccc1Oc1ccc(CBr)nc1. The molecule has 0 bridgehead atoms. The fourth-order valence-electron chi connectivity index (χ4n) is 2.92. The molecule has 0 radical (unpaired) electrons. The lowest BCUT2D eigenvalue weighted by molar-refractivity contribution is -0.400. The van der Waals surface area contributed by atoms with Crippen LogP contribution in [0.5, 0.6) is 11.5 Å². The Morgan fingerprint density at radius 2 is 1.68 bits per heavy atom. The first-order valence-electron chi connectivity index (χ1n) is 9.08. The van der Waals surface area contributed by atoms with E-state index in [4.69, 9.17) is 4.74 Å². The molecular weight excluding hydrogens is 496 g/mol. The second-order valence-electron chi connectivity index (χ2n) is 6.52. The predicted octanol–water partition coefficient (Wildman–Crippen LogP) is 6.66. The van der Waals surface area contributed by atoms with E-state index in [0.717, 1.165) is 24.9 Å². The van der Waals surface area contributed by atoms with Crippen LogP contribution >= 0.6 is 15.9 Å². The predicted molar refractivity (Wildman–Crippen MR) is 104 cm³/mol. The molecule has 4 nitrogen and oxygen atoms in total. The monoisotopic (exact) mass is 515 g/mol. The van der Waals surface area contributed by atoms with Gasteiger partial charge < -0.3 is 14.2 Å². The summed E-state index contributed by atoms with van der Waals surface area (Å²) in [6.07, 6.45) is -9.51. The number of aryl methyl sites for hydroxylation is 1. The van der Waals surface area contributed by atoms with Crippen molar-refractivity contribution in [2.45, 2.75) is 43.0 Å². The molecule has 0 unspecified atom stereocenters.